The number of pyridine rings is 1. The Labute approximate surface area is 119 Å². The summed E-state index contributed by atoms with van der Waals surface area (Å²) in [6.45, 7) is 4.73. The largest absolute Gasteiger partial charge is 0.491 e. The summed E-state index contributed by atoms with van der Waals surface area (Å²) < 4.78 is 10.9. The zero-order valence-corrected chi connectivity index (χ0v) is 12.1. The Bertz CT molecular complexity index is 556. The summed E-state index contributed by atoms with van der Waals surface area (Å²) in [6.07, 6.45) is 1.89. The summed E-state index contributed by atoms with van der Waals surface area (Å²) in [5.74, 6) is 1.49. The number of hydrogen-bond acceptors (Lipinski definition) is 4. The molecule has 4 nitrogen and oxygen atoms in total. The van der Waals surface area contributed by atoms with E-state index in [0.717, 1.165) is 17.0 Å². The van der Waals surface area contributed by atoms with Gasteiger partial charge in [-0.1, -0.05) is 12.1 Å². The molecule has 2 aromatic rings. The normalized spacial score (nSPS) is 10.4. The van der Waals surface area contributed by atoms with Gasteiger partial charge in [0.1, 0.15) is 5.75 Å². The maximum Gasteiger partial charge on any atom is 0.237 e. The van der Waals surface area contributed by atoms with Crippen LogP contribution in [0.15, 0.2) is 42.6 Å². The van der Waals surface area contributed by atoms with E-state index in [2.05, 4.69) is 16.4 Å². The Morgan fingerprint density at radius 1 is 1.20 bits per heavy atom. The quantitative estimate of drug-likeness (QED) is 0.874. The molecule has 0 unspecified atom stereocenters. The average Bonchev–Trinajstić information content (AvgIpc) is 2.45. The molecule has 1 aromatic carbocycles. The van der Waals surface area contributed by atoms with Crippen LogP contribution in [-0.4, -0.2) is 18.2 Å². The van der Waals surface area contributed by atoms with Gasteiger partial charge in [0.2, 0.25) is 5.88 Å². The topological polar surface area (TPSA) is 43.4 Å². The molecule has 0 aliphatic heterocycles. The van der Waals surface area contributed by atoms with Crippen molar-refractivity contribution in [3.8, 4) is 11.6 Å². The molecule has 4 heteroatoms. The molecule has 0 saturated heterocycles. The second kappa shape index (κ2) is 6.80. The lowest BCUT2D eigenvalue weighted by atomic mass is 10.2. The summed E-state index contributed by atoms with van der Waals surface area (Å²) in [6, 6.07) is 11.9. The number of rotatable bonds is 6. The highest BCUT2D eigenvalue weighted by Gasteiger charge is 2.03. The summed E-state index contributed by atoms with van der Waals surface area (Å²) >= 11 is 0. The lowest BCUT2D eigenvalue weighted by Crippen LogP contribution is -2.06. The van der Waals surface area contributed by atoms with Crippen molar-refractivity contribution in [3.63, 3.8) is 0 Å². The average molecular weight is 272 g/mol. The highest BCUT2D eigenvalue weighted by atomic mass is 16.5. The van der Waals surface area contributed by atoms with Gasteiger partial charge in [0.05, 0.1) is 18.9 Å². The Morgan fingerprint density at radius 3 is 2.80 bits per heavy atom. The minimum absolute atomic E-state index is 0.177. The second-order valence-corrected chi connectivity index (χ2v) is 4.73. The SMILES string of the molecule is COc1ncccc1NCc1cccc(OC(C)C)c1. The van der Waals surface area contributed by atoms with E-state index >= 15 is 0 Å². The summed E-state index contributed by atoms with van der Waals surface area (Å²) in [4.78, 5) is 4.16. The van der Waals surface area contributed by atoms with Crippen LogP contribution in [0.1, 0.15) is 19.4 Å². The fourth-order valence-electron chi connectivity index (χ4n) is 1.89. The van der Waals surface area contributed by atoms with Gasteiger partial charge in [-0.25, -0.2) is 4.98 Å². The van der Waals surface area contributed by atoms with Crippen molar-refractivity contribution in [1.82, 2.24) is 4.98 Å². The minimum atomic E-state index is 0.177. The van der Waals surface area contributed by atoms with Gasteiger partial charge in [0.25, 0.3) is 0 Å². The first-order chi connectivity index (χ1) is 9.69. The van der Waals surface area contributed by atoms with Gasteiger partial charge in [-0.2, -0.15) is 0 Å². The first-order valence-corrected chi connectivity index (χ1v) is 6.67. The van der Waals surface area contributed by atoms with Crippen LogP contribution in [0.5, 0.6) is 11.6 Å². The lowest BCUT2D eigenvalue weighted by Gasteiger charge is -2.12. The van der Waals surface area contributed by atoms with Crippen LogP contribution in [0, 0.1) is 0 Å². The highest BCUT2D eigenvalue weighted by Crippen LogP contribution is 2.21. The summed E-state index contributed by atoms with van der Waals surface area (Å²) in [7, 11) is 1.62. The fraction of sp³-hybridized carbons (Fsp3) is 0.312. The number of aromatic nitrogens is 1. The molecule has 0 radical (unpaired) electrons. The Hall–Kier alpha value is -2.23. The minimum Gasteiger partial charge on any atom is -0.491 e. The van der Waals surface area contributed by atoms with Crippen LogP contribution < -0.4 is 14.8 Å². The van der Waals surface area contributed by atoms with Gasteiger partial charge in [0, 0.05) is 12.7 Å². The lowest BCUT2D eigenvalue weighted by molar-refractivity contribution is 0.242. The molecule has 0 fully saturated rings. The number of nitrogens with zero attached hydrogens (tertiary/aromatic N) is 1. The predicted octanol–water partition coefficient (Wildman–Crippen LogP) is 3.49. The number of anilines is 1. The molecule has 0 aliphatic carbocycles. The van der Waals surface area contributed by atoms with Crippen LogP contribution in [0.2, 0.25) is 0 Å². The van der Waals surface area contributed by atoms with E-state index in [1.807, 2.05) is 44.2 Å². The predicted molar refractivity (Wildman–Crippen MR) is 80.3 cm³/mol. The molecule has 1 N–H and O–H groups in total. The smallest absolute Gasteiger partial charge is 0.237 e. The molecule has 0 aliphatic rings. The van der Waals surface area contributed by atoms with Gasteiger partial charge in [0.15, 0.2) is 0 Å². The number of benzene rings is 1. The Kier molecular flexibility index (Phi) is 4.82. The van der Waals surface area contributed by atoms with Gasteiger partial charge in [-0.05, 0) is 43.7 Å². The highest BCUT2D eigenvalue weighted by molar-refractivity contribution is 5.52. The maximum absolute atomic E-state index is 5.69. The molecule has 20 heavy (non-hydrogen) atoms. The molecule has 106 valence electrons. The van der Waals surface area contributed by atoms with E-state index < -0.39 is 0 Å². The Balaban J connectivity index is 2.03. The van der Waals surface area contributed by atoms with Crippen molar-refractivity contribution in [1.29, 1.82) is 0 Å². The number of methoxy groups -OCH3 is 1. The molecule has 1 heterocycles. The molecule has 0 atom stereocenters. The zero-order valence-electron chi connectivity index (χ0n) is 12.1. The van der Waals surface area contributed by atoms with Crippen LogP contribution in [0.4, 0.5) is 5.69 Å². The van der Waals surface area contributed by atoms with E-state index in [1.54, 1.807) is 13.3 Å². The molecule has 0 amide bonds. The molecular weight excluding hydrogens is 252 g/mol. The van der Waals surface area contributed by atoms with E-state index in [4.69, 9.17) is 9.47 Å². The van der Waals surface area contributed by atoms with Crippen LogP contribution in [0.25, 0.3) is 0 Å². The van der Waals surface area contributed by atoms with E-state index in [-0.39, 0.29) is 6.10 Å². The van der Waals surface area contributed by atoms with Crippen LogP contribution in [0.3, 0.4) is 0 Å². The first kappa shape index (κ1) is 14.2. The van der Waals surface area contributed by atoms with Crippen molar-refractivity contribution in [3.05, 3.63) is 48.2 Å². The summed E-state index contributed by atoms with van der Waals surface area (Å²) in [5.41, 5.74) is 2.03. The molecular formula is C16H20N2O2. The molecule has 0 bridgehead atoms. The zero-order chi connectivity index (χ0) is 14.4. The van der Waals surface area contributed by atoms with Gasteiger partial charge >= 0.3 is 0 Å². The van der Waals surface area contributed by atoms with Crippen molar-refractivity contribution in [2.45, 2.75) is 26.5 Å². The van der Waals surface area contributed by atoms with Crippen LogP contribution in [-0.2, 0) is 6.54 Å². The van der Waals surface area contributed by atoms with Crippen LogP contribution >= 0.6 is 0 Å². The molecule has 0 spiro atoms. The molecule has 0 saturated carbocycles. The van der Waals surface area contributed by atoms with Crippen molar-refractivity contribution < 1.29 is 9.47 Å². The summed E-state index contributed by atoms with van der Waals surface area (Å²) in [5, 5.41) is 3.32. The number of hydrogen-bond donors (Lipinski definition) is 1. The monoisotopic (exact) mass is 272 g/mol. The van der Waals surface area contributed by atoms with Crippen molar-refractivity contribution in [2.75, 3.05) is 12.4 Å². The third-order valence-corrected chi connectivity index (χ3v) is 2.72. The fourth-order valence-corrected chi connectivity index (χ4v) is 1.89. The van der Waals surface area contributed by atoms with Gasteiger partial charge in [-0.15, -0.1) is 0 Å². The van der Waals surface area contributed by atoms with Crippen molar-refractivity contribution >= 4 is 5.69 Å². The van der Waals surface area contributed by atoms with Gasteiger partial charge in [-0.3, -0.25) is 0 Å². The van der Waals surface area contributed by atoms with E-state index in [0.29, 0.717) is 12.4 Å². The first-order valence-electron chi connectivity index (χ1n) is 6.67. The van der Waals surface area contributed by atoms with E-state index in [9.17, 15) is 0 Å². The molecule has 2 rings (SSSR count). The Morgan fingerprint density at radius 2 is 2.05 bits per heavy atom. The number of ether oxygens (including phenoxy) is 2. The third-order valence-electron chi connectivity index (χ3n) is 2.72. The molecule has 1 aromatic heterocycles. The number of nitrogens with one attached hydrogen (secondary N) is 1. The maximum atomic E-state index is 5.69. The standard InChI is InChI=1S/C16H20N2O2/c1-12(2)20-14-7-4-6-13(10-14)11-18-15-8-5-9-17-16(15)19-3/h4-10,12,18H,11H2,1-3H3. The van der Waals surface area contributed by atoms with E-state index in [1.165, 1.54) is 0 Å². The van der Waals surface area contributed by atoms with Gasteiger partial charge < -0.3 is 14.8 Å². The second-order valence-electron chi connectivity index (χ2n) is 4.73. The van der Waals surface area contributed by atoms with Crippen molar-refractivity contribution in [2.24, 2.45) is 0 Å². The third kappa shape index (κ3) is 3.88.